The van der Waals surface area contributed by atoms with Gasteiger partial charge in [0, 0.05) is 22.9 Å². The summed E-state index contributed by atoms with van der Waals surface area (Å²) in [4.78, 5) is 0. The molecule has 7 heteroatoms. The van der Waals surface area contributed by atoms with E-state index < -0.39 is 11.2 Å². The molecule has 0 amide bonds. The zero-order chi connectivity index (χ0) is 23.4. The summed E-state index contributed by atoms with van der Waals surface area (Å²) in [5.74, 6) is 4.09. The highest BCUT2D eigenvalue weighted by molar-refractivity contribution is 5.83. The van der Waals surface area contributed by atoms with E-state index in [1.54, 1.807) is 28.4 Å². The summed E-state index contributed by atoms with van der Waals surface area (Å²) >= 11 is 0. The van der Waals surface area contributed by atoms with Gasteiger partial charge in [0.1, 0.15) is 33.9 Å². The van der Waals surface area contributed by atoms with Gasteiger partial charge in [0.25, 0.3) is 0 Å². The van der Waals surface area contributed by atoms with Crippen molar-refractivity contribution in [2.75, 3.05) is 28.4 Å². The van der Waals surface area contributed by atoms with E-state index in [1.807, 2.05) is 36.4 Å². The van der Waals surface area contributed by atoms with E-state index in [0.29, 0.717) is 23.0 Å². The second kappa shape index (κ2) is 7.63. The predicted octanol–water partition coefficient (Wildman–Crippen LogP) is 6.15. The molecule has 2 aromatic carbocycles. The molecule has 0 bridgehead atoms. The highest BCUT2D eigenvalue weighted by Crippen LogP contribution is 2.51. The SMILES string of the molecule is COc1cc2cc([C@]3(C)CC[C@@](C)(c4cc5cc(OC)c(OC)cc5o4)O3)oc2cc1OC. The molecular weight excluding hydrogens is 424 g/mol. The smallest absolute Gasteiger partial charge is 0.164 e. The molecular formula is C26H28O7. The maximum atomic E-state index is 6.68. The molecule has 7 nitrogen and oxygen atoms in total. The Morgan fingerprint density at radius 1 is 0.576 bits per heavy atom. The second-order valence-corrected chi connectivity index (χ2v) is 8.78. The van der Waals surface area contributed by atoms with Crippen molar-refractivity contribution in [3.8, 4) is 23.0 Å². The quantitative estimate of drug-likeness (QED) is 0.347. The van der Waals surface area contributed by atoms with Gasteiger partial charge in [-0.3, -0.25) is 0 Å². The van der Waals surface area contributed by atoms with E-state index in [4.69, 9.17) is 32.5 Å². The Kier molecular flexibility index (Phi) is 4.97. The molecule has 4 aromatic rings. The number of benzene rings is 2. The lowest BCUT2D eigenvalue weighted by Crippen LogP contribution is -2.27. The molecule has 0 radical (unpaired) electrons. The summed E-state index contributed by atoms with van der Waals surface area (Å²) < 4.78 is 40.8. The Morgan fingerprint density at radius 3 is 1.30 bits per heavy atom. The average Bonchev–Trinajstić information content (AvgIpc) is 3.52. The minimum absolute atomic E-state index is 0.609. The van der Waals surface area contributed by atoms with Crippen molar-refractivity contribution in [2.45, 2.75) is 37.9 Å². The van der Waals surface area contributed by atoms with Gasteiger partial charge in [-0.1, -0.05) is 0 Å². The number of hydrogen-bond acceptors (Lipinski definition) is 7. The first-order valence-corrected chi connectivity index (χ1v) is 10.8. The van der Waals surface area contributed by atoms with Crippen LogP contribution < -0.4 is 18.9 Å². The molecule has 2 aromatic heterocycles. The predicted molar refractivity (Wildman–Crippen MR) is 124 cm³/mol. The number of fused-ring (bicyclic) bond motifs is 2. The summed E-state index contributed by atoms with van der Waals surface area (Å²) in [6.07, 6.45) is 1.56. The summed E-state index contributed by atoms with van der Waals surface area (Å²) in [5.41, 5.74) is 0.235. The van der Waals surface area contributed by atoms with Crippen molar-refractivity contribution < 1.29 is 32.5 Å². The summed E-state index contributed by atoms with van der Waals surface area (Å²) in [7, 11) is 6.46. The molecule has 0 aliphatic carbocycles. The van der Waals surface area contributed by atoms with Crippen LogP contribution >= 0.6 is 0 Å². The Hall–Kier alpha value is -3.32. The third-order valence-corrected chi connectivity index (χ3v) is 6.62. The van der Waals surface area contributed by atoms with Crippen molar-refractivity contribution in [3.63, 3.8) is 0 Å². The monoisotopic (exact) mass is 452 g/mol. The molecule has 0 saturated carbocycles. The van der Waals surface area contributed by atoms with Gasteiger partial charge in [0.15, 0.2) is 23.0 Å². The molecule has 2 atom stereocenters. The Labute approximate surface area is 192 Å². The van der Waals surface area contributed by atoms with Gasteiger partial charge < -0.3 is 32.5 Å². The summed E-state index contributed by atoms with van der Waals surface area (Å²) in [6.45, 7) is 4.11. The molecule has 174 valence electrons. The molecule has 1 aliphatic rings. The minimum atomic E-state index is -0.609. The van der Waals surface area contributed by atoms with Gasteiger partial charge in [-0.2, -0.15) is 0 Å². The fourth-order valence-corrected chi connectivity index (χ4v) is 4.68. The lowest BCUT2D eigenvalue weighted by molar-refractivity contribution is -0.111. The highest BCUT2D eigenvalue weighted by atomic mass is 16.6. The molecule has 1 fully saturated rings. The molecule has 33 heavy (non-hydrogen) atoms. The fourth-order valence-electron chi connectivity index (χ4n) is 4.68. The maximum Gasteiger partial charge on any atom is 0.164 e. The number of ether oxygens (including phenoxy) is 5. The van der Waals surface area contributed by atoms with Crippen LogP contribution in [0, 0.1) is 0 Å². The Bertz CT molecular complexity index is 1150. The third kappa shape index (κ3) is 3.38. The van der Waals surface area contributed by atoms with Crippen LogP contribution in [0.5, 0.6) is 23.0 Å². The molecule has 1 saturated heterocycles. The third-order valence-electron chi connectivity index (χ3n) is 6.62. The topological polar surface area (TPSA) is 72.4 Å². The zero-order valence-electron chi connectivity index (χ0n) is 19.7. The van der Waals surface area contributed by atoms with E-state index in [2.05, 4.69) is 13.8 Å². The Morgan fingerprint density at radius 2 is 0.939 bits per heavy atom. The van der Waals surface area contributed by atoms with Crippen LogP contribution in [0.2, 0.25) is 0 Å². The van der Waals surface area contributed by atoms with Crippen LogP contribution in [-0.2, 0) is 15.9 Å². The number of rotatable bonds is 6. The first-order chi connectivity index (χ1) is 15.8. The van der Waals surface area contributed by atoms with Crippen LogP contribution in [0.15, 0.2) is 45.2 Å². The van der Waals surface area contributed by atoms with E-state index >= 15 is 0 Å². The standard InChI is InChI=1S/C26H28O7/c1-25(23-11-15-9-19(27-3)21(29-5)13-17(15)31-23)7-8-26(2,33-25)24-12-16-10-20(28-4)22(30-6)14-18(16)32-24/h9-14H,7-8H2,1-6H3/t25-,26-/m0/s1. The number of furan rings is 2. The second-order valence-electron chi connectivity index (χ2n) is 8.78. The van der Waals surface area contributed by atoms with E-state index in [0.717, 1.165) is 46.3 Å². The summed E-state index contributed by atoms with van der Waals surface area (Å²) in [6, 6.07) is 11.5. The van der Waals surface area contributed by atoms with Crippen LogP contribution in [-0.4, -0.2) is 28.4 Å². The molecule has 5 rings (SSSR count). The van der Waals surface area contributed by atoms with Gasteiger partial charge in [-0.15, -0.1) is 0 Å². The lowest BCUT2D eigenvalue weighted by atomic mass is 9.94. The fraction of sp³-hybridized carbons (Fsp3) is 0.385. The first kappa shape index (κ1) is 21.5. The average molecular weight is 453 g/mol. The van der Waals surface area contributed by atoms with E-state index in [-0.39, 0.29) is 0 Å². The van der Waals surface area contributed by atoms with Crippen LogP contribution in [0.1, 0.15) is 38.2 Å². The largest absolute Gasteiger partial charge is 0.493 e. The maximum absolute atomic E-state index is 6.68. The lowest BCUT2D eigenvalue weighted by Gasteiger charge is -2.27. The first-order valence-electron chi connectivity index (χ1n) is 10.8. The normalized spacial score (nSPS) is 22.7. The van der Waals surface area contributed by atoms with Gasteiger partial charge in [0.2, 0.25) is 0 Å². The molecule has 0 N–H and O–H groups in total. The van der Waals surface area contributed by atoms with Gasteiger partial charge in [0.05, 0.1) is 28.4 Å². The minimum Gasteiger partial charge on any atom is -0.493 e. The van der Waals surface area contributed by atoms with Gasteiger partial charge in [-0.05, 0) is 51.0 Å². The van der Waals surface area contributed by atoms with Crippen molar-refractivity contribution >= 4 is 21.9 Å². The zero-order valence-corrected chi connectivity index (χ0v) is 19.7. The highest BCUT2D eigenvalue weighted by Gasteiger charge is 2.49. The van der Waals surface area contributed by atoms with Crippen molar-refractivity contribution in [1.82, 2.24) is 0 Å². The molecule has 0 spiro atoms. The molecule has 3 heterocycles. The number of hydrogen-bond donors (Lipinski definition) is 0. The van der Waals surface area contributed by atoms with Crippen molar-refractivity contribution in [1.29, 1.82) is 0 Å². The van der Waals surface area contributed by atoms with Crippen LogP contribution in [0.4, 0.5) is 0 Å². The molecule has 0 unspecified atom stereocenters. The van der Waals surface area contributed by atoms with Crippen LogP contribution in [0.3, 0.4) is 0 Å². The Balaban J connectivity index is 1.50. The van der Waals surface area contributed by atoms with Crippen molar-refractivity contribution in [3.05, 3.63) is 47.9 Å². The van der Waals surface area contributed by atoms with E-state index in [9.17, 15) is 0 Å². The summed E-state index contributed by atoms with van der Waals surface area (Å²) in [5, 5.41) is 1.87. The number of methoxy groups -OCH3 is 4. The van der Waals surface area contributed by atoms with E-state index in [1.165, 1.54) is 0 Å². The van der Waals surface area contributed by atoms with Crippen molar-refractivity contribution in [2.24, 2.45) is 0 Å². The van der Waals surface area contributed by atoms with Gasteiger partial charge >= 0.3 is 0 Å². The van der Waals surface area contributed by atoms with Crippen LogP contribution in [0.25, 0.3) is 21.9 Å². The van der Waals surface area contributed by atoms with Gasteiger partial charge in [-0.25, -0.2) is 0 Å². The molecule has 1 aliphatic heterocycles.